The van der Waals surface area contributed by atoms with Crippen LogP contribution in [0.4, 0.5) is 10.1 Å². The quantitative estimate of drug-likeness (QED) is 0.540. The van der Waals surface area contributed by atoms with Gasteiger partial charge in [-0.1, -0.05) is 18.2 Å². The van der Waals surface area contributed by atoms with E-state index in [1.807, 2.05) is 12.1 Å². The minimum atomic E-state index is -0.193. The van der Waals surface area contributed by atoms with Crippen LogP contribution in [-0.2, 0) is 0 Å². The van der Waals surface area contributed by atoms with Gasteiger partial charge in [0, 0.05) is 6.54 Å². The molecule has 0 aliphatic carbocycles. The molecular formula is C11H14FN. The molecule has 0 aliphatic rings. The Labute approximate surface area is 78.3 Å². The molecule has 1 rings (SSSR count). The molecule has 0 spiro atoms. The lowest BCUT2D eigenvalue weighted by molar-refractivity contribution is 0.629. The summed E-state index contributed by atoms with van der Waals surface area (Å²) in [6, 6.07) is 6.70. The highest BCUT2D eigenvalue weighted by Crippen LogP contribution is 2.11. The van der Waals surface area contributed by atoms with Crippen LogP contribution in [0.2, 0.25) is 0 Å². The lowest BCUT2D eigenvalue weighted by atomic mass is 10.2. The zero-order valence-electron chi connectivity index (χ0n) is 7.59. The van der Waals surface area contributed by atoms with Crippen molar-refractivity contribution in [2.24, 2.45) is 0 Å². The lowest BCUT2D eigenvalue weighted by Gasteiger charge is -2.05. The highest BCUT2D eigenvalue weighted by molar-refractivity contribution is 5.44. The molecule has 0 atom stereocenters. The van der Waals surface area contributed by atoms with Crippen LogP contribution < -0.4 is 5.32 Å². The van der Waals surface area contributed by atoms with E-state index in [1.165, 1.54) is 6.07 Å². The molecule has 0 aliphatic heterocycles. The maximum absolute atomic E-state index is 13.0. The first-order valence-electron chi connectivity index (χ1n) is 4.44. The Balaban J connectivity index is 2.36. The molecule has 1 N–H and O–H groups in total. The normalized spacial score (nSPS) is 9.62. The minimum Gasteiger partial charge on any atom is -0.383 e. The Bertz CT molecular complexity index is 271. The summed E-state index contributed by atoms with van der Waals surface area (Å²) in [6.07, 6.45) is 3.81. The molecule has 0 heterocycles. The largest absolute Gasteiger partial charge is 0.383 e. The molecule has 0 fully saturated rings. The second kappa shape index (κ2) is 5.36. The predicted molar refractivity (Wildman–Crippen MR) is 54.3 cm³/mol. The van der Waals surface area contributed by atoms with Crippen molar-refractivity contribution in [2.75, 3.05) is 11.9 Å². The first kappa shape index (κ1) is 9.78. The monoisotopic (exact) mass is 179 g/mol. The van der Waals surface area contributed by atoms with Crippen LogP contribution in [0.5, 0.6) is 0 Å². The zero-order chi connectivity index (χ0) is 9.52. The molecule has 0 saturated carbocycles. The molecule has 1 aromatic carbocycles. The molecular weight excluding hydrogens is 165 g/mol. The second-order valence-electron chi connectivity index (χ2n) is 2.84. The number of unbranched alkanes of at least 4 members (excludes halogenated alkanes) is 1. The summed E-state index contributed by atoms with van der Waals surface area (Å²) in [5.74, 6) is -0.193. The van der Waals surface area contributed by atoms with E-state index in [9.17, 15) is 4.39 Å². The van der Waals surface area contributed by atoms with Crippen molar-refractivity contribution in [3.63, 3.8) is 0 Å². The summed E-state index contributed by atoms with van der Waals surface area (Å²) in [6.45, 7) is 4.41. The highest BCUT2D eigenvalue weighted by atomic mass is 19.1. The highest BCUT2D eigenvalue weighted by Gasteiger charge is 1.97. The van der Waals surface area contributed by atoms with Gasteiger partial charge in [-0.15, -0.1) is 6.58 Å². The summed E-state index contributed by atoms with van der Waals surface area (Å²) >= 11 is 0. The fraction of sp³-hybridized carbons (Fsp3) is 0.273. The number of anilines is 1. The van der Waals surface area contributed by atoms with Gasteiger partial charge in [0.1, 0.15) is 5.82 Å². The third kappa shape index (κ3) is 3.28. The van der Waals surface area contributed by atoms with Crippen molar-refractivity contribution < 1.29 is 4.39 Å². The van der Waals surface area contributed by atoms with Crippen molar-refractivity contribution >= 4 is 5.69 Å². The predicted octanol–water partition coefficient (Wildman–Crippen LogP) is 3.20. The van der Waals surface area contributed by atoms with Gasteiger partial charge in [-0.25, -0.2) is 4.39 Å². The molecule has 0 saturated heterocycles. The van der Waals surface area contributed by atoms with E-state index in [0.29, 0.717) is 5.69 Å². The fourth-order valence-corrected chi connectivity index (χ4v) is 1.07. The number of hydrogen-bond acceptors (Lipinski definition) is 1. The number of halogens is 1. The van der Waals surface area contributed by atoms with Crippen LogP contribution in [-0.4, -0.2) is 6.54 Å². The number of para-hydroxylation sites is 1. The Morgan fingerprint density at radius 2 is 2.15 bits per heavy atom. The standard InChI is InChI=1S/C11H14FN/c1-2-3-6-9-13-11-8-5-4-7-10(11)12/h2,4-5,7-8,13H,1,3,6,9H2. The van der Waals surface area contributed by atoms with Crippen molar-refractivity contribution in [1.82, 2.24) is 0 Å². The molecule has 70 valence electrons. The smallest absolute Gasteiger partial charge is 0.146 e. The SMILES string of the molecule is C=CCCCNc1ccccc1F. The lowest BCUT2D eigenvalue weighted by Crippen LogP contribution is -2.02. The van der Waals surface area contributed by atoms with Crippen LogP contribution in [0.25, 0.3) is 0 Å². The topological polar surface area (TPSA) is 12.0 Å². The van der Waals surface area contributed by atoms with Crippen LogP contribution in [0, 0.1) is 5.82 Å². The minimum absolute atomic E-state index is 0.193. The van der Waals surface area contributed by atoms with Gasteiger partial charge in [0.05, 0.1) is 5.69 Å². The zero-order valence-corrected chi connectivity index (χ0v) is 7.59. The van der Waals surface area contributed by atoms with Gasteiger partial charge in [-0.3, -0.25) is 0 Å². The summed E-state index contributed by atoms with van der Waals surface area (Å²) < 4.78 is 13.0. The summed E-state index contributed by atoms with van der Waals surface area (Å²) in [5, 5.41) is 3.02. The summed E-state index contributed by atoms with van der Waals surface area (Å²) in [4.78, 5) is 0. The number of allylic oxidation sites excluding steroid dienone is 1. The van der Waals surface area contributed by atoms with E-state index in [-0.39, 0.29) is 5.82 Å². The van der Waals surface area contributed by atoms with Gasteiger partial charge < -0.3 is 5.32 Å². The van der Waals surface area contributed by atoms with E-state index in [1.54, 1.807) is 12.1 Å². The van der Waals surface area contributed by atoms with Crippen molar-refractivity contribution in [2.45, 2.75) is 12.8 Å². The average Bonchev–Trinajstić information content (AvgIpc) is 2.15. The van der Waals surface area contributed by atoms with E-state index in [4.69, 9.17) is 0 Å². The molecule has 1 nitrogen and oxygen atoms in total. The van der Waals surface area contributed by atoms with Crippen LogP contribution in [0.3, 0.4) is 0 Å². The molecule has 13 heavy (non-hydrogen) atoms. The number of benzene rings is 1. The second-order valence-corrected chi connectivity index (χ2v) is 2.84. The van der Waals surface area contributed by atoms with Gasteiger partial charge in [0.2, 0.25) is 0 Å². The van der Waals surface area contributed by atoms with Gasteiger partial charge in [0.25, 0.3) is 0 Å². The Morgan fingerprint density at radius 1 is 1.38 bits per heavy atom. The van der Waals surface area contributed by atoms with Crippen LogP contribution in [0.15, 0.2) is 36.9 Å². The maximum Gasteiger partial charge on any atom is 0.146 e. The van der Waals surface area contributed by atoms with Crippen LogP contribution in [0.1, 0.15) is 12.8 Å². The average molecular weight is 179 g/mol. The molecule has 0 aromatic heterocycles. The third-order valence-corrected chi connectivity index (χ3v) is 1.77. The number of hydrogen-bond donors (Lipinski definition) is 1. The van der Waals surface area contributed by atoms with Crippen molar-refractivity contribution in [1.29, 1.82) is 0 Å². The van der Waals surface area contributed by atoms with Crippen LogP contribution >= 0.6 is 0 Å². The van der Waals surface area contributed by atoms with E-state index in [0.717, 1.165) is 19.4 Å². The summed E-state index contributed by atoms with van der Waals surface area (Å²) in [7, 11) is 0. The summed E-state index contributed by atoms with van der Waals surface area (Å²) in [5.41, 5.74) is 0.576. The maximum atomic E-state index is 13.0. The first-order valence-corrected chi connectivity index (χ1v) is 4.44. The molecule has 0 bridgehead atoms. The van der Waals surface area contributed by atoms with E-state index in [2.05, 4.69) is 11.9 Å². The van der Waals surface area contributed by atoms with Gasteiger partial charge >= 0.3 is 0 Å². The third-order valence-electron chi connectivity index (χ3n) is 1.77. The number of rotatable bonds is 5. The Morgan fingerprint density at radius 3 is 2.85 bits per heavy atom. The molecule has 0 amide bonds. The van der Waals surface area contributed by atoms with Crippen molar-refractivity contribution in [3.8, 4) is 0 Å². The molecule has 0 radical (unpaired) electrons. The molecule has 2 heteroatoms. The number of nitrogens with one attached hydrogen (secondary N) is 1. The van der Waals surface area contributed by atoms with E-state index < -0.39 is 0 Å². The Hall–Kier alpha value is -1.31. The first-order chi connectivity index (χ1) is 6.34. The Kier molecular flexibility index (Phi) is 4.03. The van der Waals surface area contributed by atoms with Gasteiger partial charge in [-0.05, 0) is 25.0 Å². The van der Waals surface area contributed by atoms with Gasteiger partial charge in [-0.2, -0.15) is 0 Å². The van der Waals surface area contributed by atoms with Crippen molar-refractivity contribution in [3.05, 3.63) is 42.7 Å². The van der Waals surface area contributed by atoms with E-state index >= 15 is 0 Å². The molecule has 0 unspecified atom stereocenters. The fourth-order valence-electron chi connectivity index (χ4n) is 1.07. The molecule has 1 aromatic rings. The van der Waals surface area contributed by atoms with Gasteiger partial charge in [0.15, 0.2) is 0 Å².